The molecule has 0 aromatic heterocycles. The highest BCUT2D eigenvalue weighted by atomic mass is 16.5. The number of ether oxygens (including phenoxy) is 1. The van der Waals surface area contributed by atoms with Crippen molar-refractivity contribution in [1.82, 2.24) is 15.5 Å². The van der Waals surface area contributed by atoms with Crippen LogP contribution in [0.4, 0.5) is 4.79 Å². The zero-order valence-electron chi connectivity index (χ0n) is 16.0. The highest BCUT2D eigenvalue weighted by Gasteiger charge is 2.48. The van der Waals surface area contributed by atoms with Crippen molar-refractivity contribution in [2.45, 2.75) is 12.1 Å². The number of amides is 4. The number of methoxy groups -OCH3 is 1. The Morgan fingerprint density at radius 2 is 2.10 bits per heavy atom. The molecule has 3 aliphatic rings. The minimum absolute atomic E-state index is 0.139. The van der Waals surface area contributed by atoms with E-state index in [9.17, 15) is 19.2 Å². The molecule has 8 nitrogen and oxygen atoms in total. The third-order valence-electron chi connectivity index (χ3n) is 5.15. The molecule has 2 aliphatic heterocycles. The predicted octanol–water partition coefficient (Wildman–Crippen LogP) is 0.733. The largest absolute Gasteiger partial charge is 0.497 e. The van der Waals surface area contributed by atoms with Crippen molar-refractivity contribution in [1.29, 1.82) is 0 Å². The van der Waals surface area contributed by atoms with Gasteiger partial charge in [0.2, 0.25) is 0 Å². The minimum Gasteiger partial charge on any atom is -0.497 e. The van der Waals surface area contributed by atoms with Gasteiger partial charge >= 0.3 is 6.03 Å². The van der Waals surface area contributed by atoms with Crippen LogP contribution in [0.1, 0.15) is 15.9 Å². The van der Waals surface area contributed by atoms with Gasteiger partial charge < -0.3 is 15.0 Å². The third-order valence-corrected chi connectivity index (χ3v) is 5.15. The summed E-state index contributed by atoms with van der Waals surface area (Å²) in [5.74, 6) is 6.56. The average molecular weight is 403 g/mol. The van der Waals surface area contributed by atoms with Gasteiger partial charge in [0, 0.05) is 12.1 Å². The van der Waals surface area contributed by atoms with Crippen molar-refractivity contribution in [3.8, 4) is 17.6 Å². The van der Waals surface area contributed by atoms with E-state index in [1.54, 1.807) is 42.5 Å². The lowest BCUT2D eigenvalue weighted by atomic mass is 9.93. The molecule has 8 heteroatoms. The number of hydrogen-bond acceptors (Lipinski definition) is 5. The SMILES string of the molecule is COc1ccc2c(c1)C(=O)N(CC1(C#CC3C=CC=CC3=C=O)NC(=O)NC1=O)C2. The van der Waals surface area contributed by atoms with Gasteiger partial charge in [-0.3, -0.25) is 14.9 Å². The van der Waals surface area contributed by atoms with E-state index in [-0.39, 0.29) is 19.0 Å². The first-order valence-corrected chi connectivity index (χ1v) is 9.18. The molecular formula is C22H17N3O5. The van der Waals surface area contributed by atoms with Crippen LogP contribution in [-0.4, -0.2) is 47.9 Å². The zero-order chi connectivity index (χ0) is 21.3. The van der Waals surface area contributed by atoms with E-state index in [1.165, 1.54) is 12.0 Å². The van der Waals surface area contributed by atoms with E-state index in [4.69, 9.17) is 4.74 Å². The first kappa shape index (κ1) is 19.2. The highest BCUT2D eigenvalue weighted by Crippen LogP contribution is 2.28. The third kappa shape index (κ3) is 3.28. The van der Waals surface area contributed by atoms with Gasteiger partial charge in [0.05, 0.1) is 25.1 Å². The topological polar surface area (TPSA) is 105 Å². The number of imide groups is 1. The standard InChI is InChI=1S/C22H17N3O5/c1-30-17-7-6-15-11-25(19(27)18(15)10-17)13-22(20(28)23-21(29)24-22)9-8-14-4-2-3-5-16(14)12-26/h2-7,10,14H,11,13H2,1H3,(H2,23,24,28,29). The summed E-state index contributed by atoms with van der Waals surface area (Å²) >= 11 is 0. The Hall–Kier alpha value is -4.08. The minimum atomic E-state index is -1.62. The molecule has 2 N–H and O–H groups in total. The van der Waals surface area contributed by atoms with Gasteiger partial charge in [-0.25, -0.2) is 9.59 Å². The summed E-state index contributed by atoms with van der Waals surface area (Å²) in [5, 5.41) is 4.73. The van der Waals surface area contributed by atoms with Gasteiger partial charge in [-0.05, 0) is 23.8 Å². The van der Waals surface area contributed by atoms with Crippen LogP contribution in [0.25, 0.3) is 0 Å². The van der Waals surface area contributed by atoms with Gasteiger partial charge in [0.15, 0.2) is 5.54 Å². The predicted molar refractivity (Wildman–Crippen MR) is 106 cm³/mol. The molecule has 4 amide bonds. The number of fused-ring (bicyclic) bond motifs is 1. The molecule has 0 spiro atoms. The second-order valence-electron chi connectivity index (χ2n) is 7.05. The fourth-order valence-corrected chi connectivity index (χ4v) is 3.58. The maximum absolute atomic E-state index is 12.9. The Kier molecular flexibility index (Phi) is 4.74. The lowest BCUT2D eigenvalue weighted by Crippen LogP contribution is -2.54. The molecule has 30 heavy (non-hydrogen) atoms. The fraction of sp³-hybridized carbons (Fsp3) is 0.227. The van der Waals surface area contributed by atoms with E-state index in [1.807, 2.05) is 5.94 Å². The van der Waals surface area contributed by atoms with Crippen LogP contribution in [0.2, 0.25) is 0 Å². The van der Waals surface area contributed by atoms with Gasteiger partial charge in [0.1, 0.15) is 11.7 Å². The van der Waals surface area contributed by atoms with Crippen molar-refractivity contribution in [3.63, 3.8) is 0 Å². The highest BCUT2D eigenvalue weighted by molar-refractivity contribution is 6.10. The maximum atomic E-state index is 12.9. The number of nitrogens with zero attached hydrogens (tertiary/aromatic N) is 1. The number of urea groups is 1. The molecule has 0 bridgehead atoms. The van der Waals surface area contributed by atoms with E-state index in [2.05, 4.69) is 22.5 Å². The van der Waals surface area contributed by atoms with Crippen molar-refractivity contribution < 1.29 is 23.9 Å². The lowest BCUT2D eigenvalue weighted by Gasteiger charge is -2.26. The number of hydrogen-bond donors (Lipinski definition) is 2. The van der Waals surface area contributed by atoms with Crippen LogP contribution in [0, 0.1) is 17.8 Å². The lowest BCUT2D eigenvalue weighted by molar-refractivity contribution is -0.122. The Morgan fingerprint density at radius 3 is 2.80 bits per heavy atom. The van der Waals surface area contributed by atoms with Crippen molar-refractivity contribution >= 4 is 23.8 Å². The fourth-order valence-electron chi connectivity index (χ4n) is 3.58. The summed E-state index contributed by atoms with van der Waals surface area (Å²) < 4.78 is 5.17. The normalized spacial score (nSPS) is 24.0. The first-order chi connectivity index (χ1) is 14.5. The summed E-state index contributed by atoms with van der Waals surface area (Å²) in [4.78, 5) is 50.0. The maximum Gasteiger partial charge on any atom is 0.323 e. The Bertz CT molecular complexity index is 1130. The Morgan fingerprint density at radius 1 is 1.27 bits per heavy atom. The number of allylic oxidation sites excluding steroid dienone is 5. The monoisotopic (exact) mass is 403 g/mol. The van der Waals surface area contributed by atoms with Crippen LogP contribution in [0.3, 0.4) is 0 Å². The molecule has 1 aliphatic carbocycles. The molecule has 2 heterocycles. The van der Waals surface area contributed by atoms with Crippen LogP contribution >= 0.6 is 0 Å². The quantitative estimate of drug-likeness (QED) is 0.440. The van der Waals surface area contributed by atoms with Crippen LogP contribution in [0.15, 0.2) is 48.1 Å². The summed E-state index contributed by atoms with van der Waals surface area (Å²) in [6, 6.07) is 4.50. The molecule has 1 aromatic carbocycles. The number of nitrogens with one attached hydrogen (secondary N) is 2. The number of rotatable bonds is 3. The zero-order valence-corrected chi connectivity index (χ0v) is 16.0. The van der Waals surface area contributed by atoms with Gasteiger partial charge in [0.25, 0.3) is 11.8 Å². The molecule has 4 rings (SSSR count). The molecular weight excluding hydrogens is 386 g/mol. The van der Waals surface area contributed by atoms with E-state index in [0.717, 1.165) is 5.56 Å². The molecule has 150 valence electrons. The molecule has 0 radical (unpaired) electrons. The smallest absolute Gasteiger partial charge is 0.323 e. The summed E-state index contributed by atoms with van der Waals surface area (Å²) in [5.41, 5.74) is -0.0301. The van der Waals surface area contributed by atoms with E-state index < -0.39 is 23.4 Å². The molecule has 1 aromatic rings. The summed E-state index contributed by atoms with van der Waals surface area (Å²) in [6.07, 6.45) is 6.69. The molecule has 2 unspecified atom stereocenters. The van der Waals surface area contributed by atoms with Gasteiger partial charge in [-0.2, -0.15) is 0 Å². The Balaban J connectivity index is 1.64. The van der Waals surface area contributed by atoms with Crippen LogP contribution in [0.5, 0.6) is 5.75 Å². The van der Waals surface area contributed by atoms with E-state index in [0.29, 0.717) is 16.9 Å². The second kappa shape index (κ2) is 7.39. The van der Waals surface area contributed by atoms with E-state index >= 15 is 0 Å². The first-order valence-electron chi connectivity index (χ1n) is 9.18. The molecule has 1 fully saturated rings. The van der Waals surface area contributed by atoms with Crippen LogP contribution in [-0.2, 0) is 16.1 Å². The second-order valence-corrected chi connectivity index (χ2v) is 7.05. The number of carbonyl (C=O) groups excluding carboxylic acids is 4. The van der Waals surface area contributed by atoms with Gasteiger partial charge in [-0.15, -0.1) is 0 Å². The number of carbonyl (C=O) groups is 3. The molecule has 0 saturated carbocycles. The molecule has 1 saturated heterocycles. The van der Waals surface area contributed by atoms with Crippen LogP contribution < -0.4 is 15.4 Å². The molecule has 2 atom stereocenters. The summed E-state index contributed by atoms with van der Waals surface area (Å²) in [7, 11) is 1.51. The van der Waals surface area contributed by atoms with Gasteiger partial charge in [-0.1, -0.05) is 36.1 Å². The number of benzene rings is 1. The van der Waals surface area contributed by atoms with Crippen molar-refractivity contribution in [2.24, 2.45) is 5.92 Å². The van der Waals surface area contributed by atoms with Crippen molar-refractivity contribution in [2.75, 3.05) is 13.7 Å². The average Bonchev–Trinajstić information content (AvgIpc) is 3.21. The Labute approximate surface area is 172 Å². The van der Waals surface area contributed by atoms with Crippen molar-refractivity contribution in [3.05, 3.63) is 59.2 Å². The summed E-state index contributed by atoms with van der Waals surface area (Å²) in [6.45, 7) is 0.135.